The van der Waals surface area contributed by atoms with E-state index in [0.717, 1.165) is 53.6 Å². The standard InChI is InChI=1S/C24H24ClN3O2/c25-21-11-4-1-7-17(21)12-13-26-23(29)18-8-5-6-16(14-18)15-22-19-9-2-3-10-20(19)24(30)28-27-22/h1,4-8,11,14H,2-3,9-10,12-13,15H2,(H,26,29)(H,28,30). The maximum atomic E-state index is 12.6. The first-order valence-corrected chi connectivity index (χ1v) is 10.7. The van der Waals surface area contributed by atoms with Crippen LogP contribution in [0.2, 0.25) is 5.02 Å². The number of carbonyl (C=O) groups is 1. The molecule has 1 aliphatic carbocycles. The summed E-state index contributed by atoms with van der Waals surface area (Å²) in [4.78, 5) is 24.7. The molecule has 0 unspecified atom stereocenters. The van der Waals surface area contributed by atoms with E-state index in [4.69, 9.17) is 11.6 Å². The monoisotopic (exact) mass is 421 g/mol. The molecule has 5 nitrogen and oxygen atoms in total. The molecule has 6 heteroatoms. The van der Waals surface area contributed by atoms with Crippen molar-refractivity contribution in [1.82, 2.24) is 15.5 Å². The van der Waals surface area contributed by atoms with Gasteiger partial charge in [-0.2, -0.15) is 5.10 Å². The Balaban J connectivity index is 1.43. The number of fused-ring (bicyclic) bond motifs is 1. The van der Waals surface area contributed by atoms with Gasteiger partial charge in [0.1, 0.15) is 0 Å². The highest BCUT2D eigenvalue weighted by atomic mass is 35.5. The first-order chi connectivity index (χ1) is 14.6. The number of aromatic nitrogens is 2. The minimum atomic E-state index is -0.111. The number of nitrogens with zero attached hydrogens (tertiary/aromatic N) is 1. The fourth-order valence-electron chi connectivity index (χ4n) is 4.00. The van der Waals surface area contributed by atoms with E-state index in [2.05, 4.69) is 15.5 Å². The van der Waals surface area contributed by atoms with E-state index in [-0.39, 0.29) is 11.5 Å². The van der Waals surface area contributed by atoms with Crippen molar-refractivity contribution in [2.75, 3.05) is 6.54 Å². The summed E-state index contributed by atoms with van der Waals surface area (Å²) in [7, 11) is 0. The van der Waals surface area contributed by atoms with Gasteiger partial charge >= 0.3 is 0 Å². The molecule has 154 valence electrons. The van der Waals surface area contributed by atoms with Gasteiger partial charge < -0.3 is 5.32 Å². The summed E-state index contributed by atoms with van der Waals surface area (Å²) in [5, 5.41) is 10.6. The number of amides is 1. The number of H-pyrrole nitrogens is 1. The second kappa shape index (κ2) is 9.26. The van der Waals surface area contributed by atoms with Crippen LogP contribution in [0.15, 0.2) is 53.3 Å². The Morgan fingerprint density at radius 1 is 1.07 bits per heavy atom. The third kappa shape index (κ3) is 4.62. The van der Waals surface area contributed by atoms with Crippen molar-refractivity contribution in [3.63, 3.8) is 0 Å². The van der Waals surface area contributed by atoms with Crippen LogP contribution >= 0.6 is 11.6 Å². The van der Waals surface area contributed by atoms with Crippen LogP contribution in [-0.4, -0.2) is 22.6 Å². The van der Waals surface area contributed by atoms with Crippen LogP contribution < -0.4 is 10.9 Å². The smallest absolute Gasteiger partial charge is 0.267 e. The predicted molar refractivity (Wildman–Crippen MR) is 118 cm³/mol. The van der Waals surface area contributed by atoms with Crippen molar-refractivity contribution < 1.29 is 4.79 Å². The van der Waals surface area contributed by atoms with E-state index in [0.29, 0.717) is 30.0 Å². The summed E-state index contributed by atoms with van der Waals surface area (Å²) in [6.07, 6.45) is 5.11. The molecule has 3 aromatic rings. The molecule has 1 heterocycles. The molecule has 0 atom stereocenters. The van der Waals surface area contributed by atoms with Gasteiger partial charge in [-0.25, -0.2) is 5.10 Å². The molecule has 0 bridgehead atoms. The van der Waals surface area contributed by atoms with E-state index < -0.39 is 0 Å². The summed E-state index contributed by atoms with van der Waals surface area (Å²) in [6.45, 7) is 0.516. The molecule has 4 rings (SSSR count). The van der Waals surface area contributed by atoms with Gasteiger partial charge in [0, 0.05) is 29.1 Å². The molecule has 0 aliphatic heterocycles. The molecule has 0 saturated heterocycles. The number of carbonyl (C=O) groups excluding carboxylic acids is 1. The summed E-state index contributed by atoms with van der Waals surface area (Å²) in [5.74, 6) is -0.111. The van der Waals surface area contributed by atoms with Crippen molar-refractivity contribution in [3.8, 4) is 0 Å². The molecular formula is C24H24ClN3O2. The van der Waals surface area contributed by atoms with Gasteiger partial charge in [0.15, 0.2) is 0 Å². The maximum absolute atomic E-state index is 12.6. The van der Waals surface area contributed by atoms with Gasteiger partial charge in [0.05, 0.1) is 5.69 Å². The Hall–Kier alpha value is -2.92. The normalized spacial score (nSPS) is 13.0. The number of nitrogens with one attached hydrogen (secondary N) is 2. The van der Waals surface area contributed by atoms with Crippen LogP contribution in [0.1, 0.15) is 51.1 Å². The topological polar surface area (TPSA) is 74.8 Å². The summed E-state index contributed by atoms with van der Waals surface area (Å²) in [6, 6.07) is 15.2. The molecular weight excluding hydrogens is 398 g/mol. The lowest BCUT2D eigenvalue weighted by Crippen LogP contribution is -2.26. The molecule has 0 spiro atoms. The minimum absolute atomic E-state index is 0.0694. The molecule has 30 heavy (non-hydrogen) atoms. The zero-order valence-electron chi connectivity index (χ0n) is 16.7. The Morgan fingerprint density at radius 3 is 2.70 bits per heavy atom. The van der Waals surface area contributed by atoms with E-state index in [1.54, 1.807) is 0 Å². The summed E-state index contributed by atoms with van der Waals surface area (Å²) < 4.78 is 0. The number of hydrogen-bond donors (Lipinski definition) is 2. The average molecular weight is 422 g/mol. The molecule has 1 amide bonds. The zero-order valence-corrected chi connectivity index (χ0v) is 17.5. The van der Waals surface area contributed by atoms with Crippen LogP contribution in [0, 0.1) is 0 Å². The molecule has 0 saturated carbocycles. The third-order valence-corrected chi connectivity index (χ3v) is 5.95. The molecule has 0 radical (unpaired) electrons. The van der Waals surface area contributed by atoms with Crippen molar-refractivity contribution >= 4 is 17.5 Å². The van der Waals surface area contributed by atoms with Gasteiger partial charge in [-0.05, 0) is 67.0 Å². The number of benzene rings is 2. The molecule has 2 aromatic carbocycles. The Labute approximate surface area is 180 Å². The van der Waals surface area contributed by atoms with Crippen molar-refractivity contribution in [3.05, 3.63) is 97.4 Å². The number of hydrogen-bond acceptors (Lipinski definition) is 3. The van der Waals surface area contributed by atoms with E-state index in [9.17, 15) is 9.59 Å². The second-order valence-corrected chi connectivity index (χ2v) is 8.05. The van der Waals surface area contributed by atoms with Crippen molar-refractivity contribution in [1.29, 1.82) is 0 Å². The summed E-state index contributed by atoms with van der Waals surface area (Å²) >= 11 is 6.17. The Morgan fingerprint density at radius 2 is 1.87 bits per heavy atom. The third-order valence-electron chi connectivity index (χ3n) is 5.58. The van der Waals surface area contributed by atoms with Crippen LogP contribution in [0.5, 0.6) is 0 Å². The fourth-order valence-corrected chi connectivity index (χ4v) is 4.23. The highest BCUT2D eigenvalue weighted by molar-refractivity contribution is 6.31. The van der Waals surface area contributed by atoms with Crippen molar-refractivity contribution in [2.24, 2.45) is 0 Å². The number of aromatic amines is 1. The second-order valence-electron chi connectivity index (χ2n) is 7.64. The van der Waals surface area contributed by atoms with Crippen LogP contribution in [0.4, 0.5) is 0 Å². The van der Waals surface area contributed by atoms with Gasteiger partial charge in [-0.1, -0.05) is 41.9 Å². The van der Waals surface area contributed by atoms with E-state index in [1.165, 1.54) is 0 Å². The van der Waals surface area contributed by atoms with Gasteiger partial charge in [0.25, 0.3) is 11.5 Å². The fraction of sp³-hybridized carbons (Fsp3) is 0.292. The lowest BCUT2D eigenvalue weighted by atomic mass is 9.90. The van der Waals surface area contributed by atoms with E-state index in [1.807, 2.05) is 48.5 Å². The first-order valence-electron chi connectivity index (χ1n) is 10.3. The largest absolute Gasteiger partial charge is 0.352 e. The van der Waals surface area contributed by atoms with Crippen LogP contribution in [-0.2, 0) is 25.7 Å². The van der Waals surface area contributed by atoms with Crippen molar-refractivity contribution in [2.45, 2.75) is 38.5 Å². The first kappa shape index (κ1) is 20.4. The Kier molecular flexibility index (Phi) is 6.29. The summed E-state index contributed by atoms with van der Waals surface area (Å²) in [5.41, 5.74) is 5.42. The molecule has 1 aliphatic rings. The lowest BCUT2D eigenvalue weighted by molar-refractivity contribution is 0.0954. The molecule has 0 fully saturated rings. The zero-order chi connectivity index (χ0) is 20.9. The Bertz CT molecular complexity index is 1120. The molecule has 2 N–H and O–H groups in total. The SMILES string of the molecule is O=C(NCCc1ccccc1Cl)c1cccc(Cc2n[nH]c(=O)c3c2CCCC3)c1. The minimum Gasteiger partial charge on any atom is -0.352 e. The number of rotatable bonds is 6. The maximum Gasteiger partial charge on any atom is 0.267 e. The van der Waals surface area contributed by atoms with Gasteiger partial charge in [-0.3, -0.25) is 9.59 Å². The van der Waals surface area contributed by atoms with Gasteiger partial charge in [0.2, 0.25) is 0 Å². The average Bonchev–Trinajstić information content (AvgIpc) is 2.77. The van der Waals surface area contributed by atoms with Crippen LogP contribution in [0.3, 0.4) is 0 Å². The van der Waals surface area contributed by atoms with Gasteiger partial charge in [-0.15, -0.1) is 0 Å². The molecule has 1 aromatic heterocycles. The number of halogens is 1. The van der Waals surface area contributed by atoms with Crippen LogP contribution in [0.25, 0.3) is 0 Å². The van der Waals surface area contributed by atoms with E-state index >= 15 is 0 Å². The highest BCUT2D eigenvalue weighted by Gasteiger charge is 2.18. The quantitative estimate of drug-likeness (QED) is 0.634. The highest BCUT2D eigenvalue weighted by Crippen LogP contribution is 2.22. The lowest BCUT2D eigenvalue weighted by Gasteiger charge is -2.17. The predicted octanol–water partition coefficient (Wildman–Crippen LogP) is 3.87.